The maximum Gasteiger partial charge on any atom is 0.335 e. The lowest BCUT2D eigenvalue weighted by atomic mass is 10.0. The molecular formula is C21H26N2O2. The second-order valence-electron chi connectivity index (χ2n) is 6.91. The summed E-state index contributed by atoms with van der Waals surface area (Å²) in [5.74, 6) is -0.870. The van der Waals surface area contributed by atoms with Crippen molar-refractivity contribution in [1.82, 2.24) is 9.80 Å². The van der Waals surface area contributed by atoms with Gasteiger partial charge in [0.25, 0.3) is 0 Å². The third kappa shape index (κ3) is 4.91. The van der Waals surface area contributed by atoms with Crippen molar-refractivity contribution in [1.29, 1.82) is 0 Å². The molecule has 1 fully saturated rings. The maximum absolute atomic E-state index is 10.9. The van der Waals surface area contributed by atoms with Gasteiger partial charge in [-0.25, -0.2) is 4.79 Å². The minimum Gasteiger partial charge on any atom is -0.478 e. The molecular weight excluding hydrogens is 312 g/mol. The summed E-state index contributed by atoms with van der Waals surface area (Å²) < 4.78 is 0. The topological polar surface area (TPSA) is 43.8 Å². The molecule has 4 nitrogen and oxygen atoms in total. The predicted molar refractivity (Wildman–Crippen MR) is 99.6 cm³/mol. The van der Waals surface area contributed by atoms with E-state index in [0.717, 1.165) is 26.2 Å². The molecule has 0 aromatic heterocycles. The zero-order valence-electron chi connectivity index (χ0n) is 14.8. The van der Waals surface area contributed by atoms with E-state index in [9.17, 15) is 4.79 Å². The van der Waals surface area contributed by atoms with Gasteiger partial charge in [-0.05, 0) is 56.2 Å². The Bertz CT molecular complexity index is 677. The van der Waals surface area contributed by atoms with Crippen LogP contribution in [0.2, 0.25) is 0 Å². The summed E-state index contributed by atoms with van der Waals surface area (Å²) in [5, 5.41) is 8.98. The molecule has 3 rings (SSSR count). The molecule has 0 spiro atoms. The van der Waals surface area contributed by atoms with Gasteiger partial charge in [0.05, 0.1) is 5.56 Å². The van der Waals surface area contributed by atoms with Gasteiger partial charge in [0.2, 0.25) is 0 Å². The van der Waals surface area contributed by atoms with Gasteiger partial charge in [-0.15, -0.1) is 0 Å². The van der Waals surface area contributed by atoms with Crippen molar-refractivity contribution in [3.8, 4) is 0 Å². The average molecular weight is 338 g/mol. The summed E-state index contributed by atoms with van der Waals surface area (Å²) in [4.78, 5) is 15.9. The van der Waals surface area contributed by atoms with E-state index in [1.165, 1.54) is 24.0 Å². The minimum atomic E-state index is -0.870. The van der Waals surface area contributed by atoms with E-state index in [-0.39, 0.29) is 0 Å². The standard InChI is InChI=1S/C21H26N2O2/c1-22(15-18-7-9-19(10-8-18)21(24)25)20-11-13-23(14-12-20)16-17-5-3-2-4-6-17/h2-10,20H,11-16H2,1H3,(H,24,25). The molecule has 1 N–H and O–H groups in total. The normalized spacial score (nSPS) is 16.2. The molecule has 132 valence electrons. The molecule has 2 aromatic carbocycles. The molecule has 0 saturated carbocycles. The van der Waals surface area contributed by atoms with Gasteiger partial charge < -0.3 is 5.11 Å². The molecule has 1 saturated heterocycles. The first-order chi connectivity index (χ1) is 12.1. The number of carboxylic acid groups (broad SMARTS) is 1. The van der Waals surface area contributed by atoms with Gasteiger partial charge in [-0.2, -0.15) is 0 Å². The number of rotatable bonds is 6. The Balaban J connectivity index is 1.48. The average Bonchev–Trinajstić information content (AvgIpc) is 2.63. The molecule has 0 radical (unpaired) electrons. The molecule has 1 heterocycles. The van der Waals surface area contributed by atoms with Crippen molar-refractivity contribution < 1.29 is 9.90 Å². The Hall–Kier alpha value is -2.17. The third-order valence-electron chi connectivity index (χ3n) is 5.06. The largest absolute Gasteiger partial charge is 0.478 e. The van der Waals surface area contributed by atoms with Crippen molar-refractivity contribution in [2.75, 3.05) is 20.1 Å². The van der Waals surface area contributed by atoms with E-state index in [0.29, 0.717) is 11.6 Å². The van der Waals surface area contributed by atoms with Crippen molar-refractivity contribution in [3.63, 3.8) is 0 Å². The summed E-state index contributed by atoms with van der Waals surface area (Å²) in [7, 11) is 2.17. The molecule has 2 aromatic rings. The number of nitrogens with zero attached hydrogens (tertiary/aromatic N) is 2. The summed E-state index contributed by atoms with van der Waals surface area (Å²) in [6.07, 6.45) is 2.35. The molecule has 1 aliphatic rings. The smallest absolute Gasteiger partial charge is 0.335 e. The van der Waals surface area contributed by atoms with E-state index in [4.69, 9.17) is 5.11 Å². The highest BCUT2D eigenvalue weighted by atomic mass is 16.4. The molecule has 1 aliphatic heterocycles. The quantitative estimate of drug-likeness (QED) is 0.876. The van der Waals surface area contributed by atoms with Crippen molar-refractivity contribution in [2.45, 2.75) is 32.0 Å². The van der Waals surface area contributed by atoms with Crippen LogP contribution in [0.3, 0.4) is 0 Å². The SMILES string of the molecule is CN(Cc1ccc(C(=O)O)cc1)C1CCN(Cc2ccccc2)CC1. The molecule has 0 bridgehead atoms. The number of benzene rings is 2. The number of hydrogen-bond donors (Lipinski definition) is 1. The highest BCUT2D eigenvalue weighted by molar-refractivity contribution is 5.87. The number of hydrogen-bond acceptors (Lipinski definition) is 3. The fourth-order valence-electron chi connectivity index (χ4n) is 3.53. The molecule has 0 atom stereocenters. The van der Waals surface area contributed by atoms with Gasteiger partial charge in [0.1, 0.15) is 0 Å². The van der Waals surface area contributed by atoms with Crippen molar-refractivity contribution in [3.05, 3.63) is 71.3 Å². The number of carbonyl (C=O) groups is 1. The summed E-state index contributed by atoms with van der Waals surface area (Å²) >= 11 is 0. The second-order valence-corrected chi connectivity index (χ2v) is 6.91. The zero-order valence-corrected chi connectivity index (χ0v) is 14.8. The van der Waals surface area contributed by atoms with Crippen LogP contribution in [0.1, 0.15) is 34.3 Å². The van der Waals surface area contributed by atoms with Gasteiger partial charge in [0.15, 0.2) is 0 Å². The molecule has 25 heavy (non-hydrogen) atoms. The van der Waals surface area contributed by atoms with Gasteiger partial charge in [-0.1, -0.05) is 42.5 Å². The van der Waals surface area contributed by atoms with E-state index < -0.39 is 5.97 Å². The first kappa shape index (κ1) is 17.6. The summed E-state index contributed by atoms with van der Waals surface area (Å²) in [6.45, 7) is 4.15. The first-order valence-electron chi connectivity index (χ1n) is 8.90. The molecule has 0 unspecified atom stereocenters. The lowest BCUT2D eigenvalue weighted by molar-refractivity contribution is 0.0697. The van der Waals surface area contributed by atoms with Crippen LogP contribution in [-0.4, -0.2) is 47.1 Å². The number of carboxylic acids is 1. The highest BCUT2D eigenvalue weighted by Gasteiger charge is 2.22. The van der Waals surface area contributed by atoms with E-state index in [1.807, 2.05) is 12.1 Å². The Labute approximate surface area is 149 Å². The van der Waals surface area contributed by atoms with Gasteiger partial charge >= 0.3 is 5.97 Å². The van der Waals surface area contributed by atoms with Crippen LogP contribution in [-0.2, 0) is 13.1 Å². The molecule has 0 amide bonds. The minimum absolute atomic E-state index is 0.348. The van der Waals surface area contributed by atoms with E-state index in [1.54, 1.807) is 12.1 Å². The lowest BCUT2D eigenvalue weighted by Gasteiger charge is -2.36. The van der Waals surface area contributed by atoms with Crippen LogP contribution in [0.4, 0.5) is 0 Å². The number of piperidine rings is 1. The highest BCUT2D eigenvalue weighted by Crippen LogP contribution is 2.19. The Kier molecular flexibility index (Phi) is 5.84. The van der Waals surface area contributed by atoms with Crippen LogP contribution in [0.25, 0.3) is 0 Å². The third-order valence-corrected chi connectivity index (χ3v) is 5.06. The van der Waals surface area contributed by atoms with E-state index in [2.05, 4.69) is 47.2 Å². The number of aromatic carboxylic acids is 1. The van der Waals surface area contributed by atoms with E-state index >= 15 is 0 Å². The van der Waals surface area contributed by atoms with Crippen LogP contribution in [0, 0.1) is 0 Å². The number of likely N-dealkylation sites (tertiary alicyclic amines) is 1. The summed E-state index contributed by atoms with van der Waals surface area (Å²) in [5.41, 5.74) is 2.90. The van der Waals surface area contributed by atoms with Crippen LogP contribution >= 0.6 is 0 Å². The van der Waals surface area contributed by atoms with Gasteiger partial charge in [0, 0.05) is 19.1 Å². The lowest BCUT2D eigenvalue weighted by Crippen LogP contribution is -2.42. The van der Waals surface area contributed by atoms with Gasteiger partial charge in [-0.3, -0.25) is 9.80 Å². The Morgan fingerprint density at radius 3 is 2.28 bits per heavy atom. The summed E-state index contributed by atoms with van der Waals surface area (Å²) in [6, 6.07) is 18.5. The van der Waals surface area contributed by atoms with Crippen LogP contribution in [0.15, 0.2) is 54.6 Å². The second kappa shape index (κ2) is 8.28. The fourth-order valence-corrected chi connectivity index (χ4v) is 3.53. The first-order valence-corrected chi connectivity index (χ1v) is 8.90. The van der Waals surface area contributed by atoms with Crippen LogP contribution in [0.5, 0.6) is 0 Å². The fraction of sp³-hybridized carbons (Fsp3) is 0.381. The monoisotopic (exact) mass is 338 g/mol. The Morgan fingerprint density at radius 1 is 1.04 bits per heavy atom. The molecule has 0 aliphatic carbocycles. The molecule has 4 heteroatoms. The maximum atomic E-state index is 10.9. The van der Waals surface area contributed by atoms with Crippen molar-refractivity contribution >= 4 is 5.97 Å². The van der Waals surface area contributed by atoms with Crippen LogP contribution < -0.4 is 0 Å². The predicted octanol–water partition coefficient (Wildman–Crippen LogP) is 3.48. The Morgan fingerprint density at radius 2 is 1.68 bits per heavy atom. The van der Waals surface area contributed by atoms with Crippen molar-refractivity contribution in [2.24, 2.45) is 0 Å². The zero-order chi connectivity index (χ0) is 17.6.